The molecule has 21 heavy (non-hydrogen) atoms. The molecule has 1 aliphatic rings. The van der Waals surface area contributed by atoms with E-state index in [4.69, 9.17) is 15.0 Å². The summed E-state index contributed by atoms with van der Waals surface area (Å²) in [5, 5.41) is 3.89. The van der Waals surface area contributed by atoms with Crippen LogP contribution in [0.15, 0.2) is 22.7 Å². The zero-order valence-electron chi connectivity index (χ0n) is 11.2. The lowest BCUT2D eigenvalue weighted by atomic mass is 9.85. The Morgan fingerprint density at radius 2 is 2.29 bits per heavy atom. The first kappa shape index (κ1) is 13.5. The standard InChI is InChI=1S/C14H14FN3O3/c15-10-6-9(13(16)19)4-5-11(10)20-7-12-17-14(18-21-12)8-2-1-3-8/h4-6,8H,1-3,7H2,(H2,16,19). The van der Waals surface area contributed by atoms with Gasteiger partial charge in [-0.3, -0.25) is 4.79 Å². The highest BCUT2D eigenvalue weighted by Crippen LogP contribution is 2.34. The Kier molecular flexibility index (Phi) is 3.55. The van der Waals surface area contributed by atoms with Gasteiger partial charge in [0.05, 0.1) is 0 Å². The fourth-order valence-corrected chi connectivity index (χ4v) is 2.07. The van der Waals surface area contributed by atoms with Crippen LogP contribution >= 0.6 is 0 Å². The van der Waals surface area contributed by atoms with Gasteiger partial charge in [-0.05, 0) is 31.0 Å². The average molecular weight is 291 g/mol. The zero-order valence-corrected chi connectivity index (χ0v) is 11.2. The van der Waals surface area contributed by atoms with Crippen LogP contribution in [0.5, 0.6) is 5.75 Å². The maximum absolute atomic E-state index is 13.7. The second-order valence-corrected chi connectivity index (χ2v) is 4.97. The van der Waals surface area contributed by atoms with Crippen molar-refractivity contribution in [2.75, 3.05) is 0 Å². The molecule has 0 spiro atoms. The summed E-state index contributed by atoms with van der Waals surface area (Å²) < 4.78 is 24.1. The summed E-state index contributed by atoms with van der Waals surface area (Å²) in [5.74, 6) is 0.00433. The smallest absolute Gasteiger partial charge is 0.264 e. The number of nitrogens with two attached hydrogens (primary N) is 1. The van der Waals surface area contributed by atoms with E-state index in [9.17, 15) is 9.18 Å². The third-order valence-corrected chi connectivity index (χ3v) is 3.52. The van der Waals surface area contributed by atoms with Crippen LogP contribution in [-0.4, -0.2) is 16.0 Å². The van der Waals surface area contributed by atoms with Crippen molar-refractivity contribution in [2.45, 2.75) is 31.8 Å². The molecule has 0 aliphatic heterocycles. The summed E-state index contributed by atoms with van der Waals surface area (Å²) in [4.78, 5) is 15.1. The molecule has 1 fully saturated rings. The topological polar surface area (TPSA) is 91.2 Å². The molecule has 0 radical (unpaired) electrons. The maximum atomic E-state index is 13.7. The van der Waals surface area contributed by atoms with E-state index >= 15 is 0 Å². The number of amides is 1. The number of hydrogen-bond donors (Lipinski definition) is 1. The Labute approximate surface area is 120 Å². The van der Waals surface area contributed by atoms with Gasteiger partial charge in [-0.25, -0.2) is 4.39 Å². The van der Waals surface area contributed by atoms with Gasteiger partial charge in [-0.15, -0.1) is 0 Å². The lowest BCUT2D eigenvalue weighted by Gasteiger charge is -2.20. The van der Waals surface area contributed by atoms with Gasteiger partial charge in [0.1, 0.15) is 0 Å². The number of carbonyl (C=O) groups is 1. The van der Waals surface area contributed by atoms with Crippen LogP contribution in [0.4, 0.5) is 4.39 Å². The SMILES string of the molecule is NC(=O)c1ccc(OCc2nc(C3CCC3)no2)c(F)c1. The Hall–Kier alpha value is -2.44. The van der Waals surface area contributed by atoms with Gasteiger partial charge in [0.25, 0.3) is 5.89 Å². The minimum atomic E-state index is -0.692. The number of ether oxygens (including phenoxy) is 1. The molecule has 0 bridgehead atoms. The fraction of sp³-hybridized carbons (Fsp3) is 0.357. The predicted octanol–water partition coefficient (Wildman–Crippen LogP) is 2.15. The van der Waals surface area contributed by atoms with Gasteiger partial charge in [-0.1, -0.05) is 11.6 Å². The lowest BCUT2D eigenvalue weighted by molar-refractivity contribution is 0.0999. The number of halogens is 1. The van der Waals surface area contributed by atoms with Gasteiger partial charge in [0, 0.05) is 11.5 Å². The maximum Gasteiger partial charge on any atom is 0.264 e. The largest absolute Gasteiger partial charge is 0.481 e. The van der Waals surface area contributed by atoms with Crippen LogP contribution in [0.3, 0.4) is 0 Å². The number of rotatable bonds is 5. The number of nitrogens with zero attached hydrogens (tertiary/aromatic N) is 2. The molecule has 2 N–H and O–H groups in total. The quantitative estimate of drug-likeness (QED) is 0.911. The van der Waals surface area contributed by atoms with Gasteiger partial charge < -0.3 is 15.0 Å². The van der Waals surface area contributed by atoms with Crippen LogP contribution in [-0.2, 0) is 6.61 Å². The van der Waals surface area contributed by atoms with Crippen molar-refractivity contribution in [1.29, 1.82) is 0 Å². The molecule has 1 amide bonds. The highest BCUT2D eigenvalue weighted by molar-refractivity contribution is 5.92. The molecule has 0 saturated heterocycles. The van der Waals surface area contributed by atoms with E-state index in [1.54, 1.807) is 0 Å². The lowest BCUT2D eigenvalue weighted by Crippen LogP contribution is -2.11. The zero-order chi connectivity index (χ0) is 14.8. The van der Waals surface area contributed by atoms with E-state index in [-0.39, 0.29) is 17.9 Å². The van der Waals surface area contributed by atoms with Crippen molar-refractivity contribution in [2.24, 2.45) is 5.73 Å². The van der Waals surface area contributed by atoms with Gasteiger partial charge in [-0.2, -0.15) is 4.98 Å². The van der Waals surface area contributed by atoms with Crippen LogP contribution < -0.4 is 10.5 Å². The molecule has 2 aromatic rings. The highest BCUT2D eigenvalue weighted by Gasteiger charge is 2.24. The van der Waals surface area contributed by atoms with Crippen LogP contribution in [0.25, 0.3) is 0 Å². The molecule has 110 valence electrons. The summed E-state index contributed by atoms with van der Waals surface area (Å²) in [6, 6.07) is 3.78. The fourth-order valence-electron chi connectivity index (χ4n) is 2.07. The van der Waals surface area contributed by atoms with Gasteiger partial charge in [0.2, 0.25) is 5.91 Å². The van der Waals surface area contributed by atoms with Crippen molar-refractivity contribution >= 4 is 5.91 Å². The first-order valence-electron chi connectivity index (χ1n) is 6.68. The van der Waals surface area contributed by atoms with Crippen molar-refractivity contribution in [3.05, 3.63) is 41.3 Å². The Morgan fingerprint density at radius 1 is 1.48 bits per heavy atom. The summed E-state index contributed by atoms with van der Waals surface area (Å²) in [7, 11) is 0. The number of carbonyl (C=O) groups excluding carboxylic acids is 1. The first-order valence-corrected chi connectivity index (χ1v) is 6.68. The van der Waals surface area contributed by atoms with Crippen molar-refractivity contribution in [1.82, 2.24) is 10.1 Å². The molecule has 1 aromatic heterocycles. The molecule has 1 aromatic carbocycles. The Morgan fingerprint density at radius 3 is 2.90 bits per heavy atom. The van der Waals surface area contributed by atoms with E-state index in [2.05, 4.69) is 10.1 Å². The monoisotopic (exact) mass is 291 g/mol. The second kappa shape index (κ2) is 5.51. The van der Waals surface area contributed by atoms with Crippen molar-refractivity contribution < 1.29 is 18.4 Å². The number of hydrogen-bond acceptors (Lipinski definition) is 5. The minimum absolute atomic E-state index is 0.00314. The summed E-state index contributed by atoms with van der Waals surface area (Å²) >= 11 is 0. The number of primary amides is 1. The molecule has 1 heterocycles. The highest BCUT2D eigenvalue weighted by atomic mass is 19.1. The van der Waals surface area contributed by atoms with E-state index in [0.717, 1.165) is 18.9 Å². The second-order valence-electron chi connectivity index (χ2n) is 4.97. The minimum Gasteiger partial charge on any atom is -0.481 e. The summed E-state index contributed by atoms with van der Waals surface area (Å²) in [6.45, 7) is -0.0213. The van der Waals surface area contributed by atoms with E-state index in [0.29, 0.717) is 17.6 Å². The summed E-state index contributed by atoms with van der Waals surface area (Å²) in [6.07, 6.45) is 3.33. The molecular formula is C14H14FN3O3. The molecule has 0 atom stereocenters. The summed E-state index contributed by atoms with van der Waals surface area (Å²) in [5.41, 5.74) is 5.16. The van der Waals surface area contributed by atoms with Gasteiger partial charge >= 0.3 is 0 Å². The molecule has 3 rings (SSSR count). The third-order valence-electron chi connectivity index (χ3n) is 3.52. The average Bonchev–Trinajstić information content (AvgIpc) is 2.83. The Bertz CT molecular complexity index is 667. The predicted molar refractivity (Wildman–Crippen MR) is 70.1 cm³/mol. The number of benzene rings is 1. The normalized spacial score (nSPS) is 14.7. The van der Waals surface area contributed by atoms with E-state index < -0.39 is 11.7 Å². The number of aromatic nitrogens is 2. The molecule has 6 nitrogen and oxygen atoms in total. The molecule has 7 heteroatoms. The first-order chi connectivity index (χ1) is 10.1. The molecule has 0 unspecified atom stereocenters. The molecular weight excluding hydrogens is 277 g/mol. The van der Waals surface area contributed by atoms with Gasteiger partial charge in [0.15, 0.2) is 24.0 Å². The third kappa shape index (κ3) is 2.86. The van der Waals surface area contributed by atoms with Crippen LogP contribution in [0, 0.1) is 5.82 Å². The van der Waals surface area contributed by atoms with Crippen LogP contribution in [0.2, 0.25) is 0 Å². The van der Waals surface area contributed by atoms with Crippen molar-refractivity contribution in [3.8, 4) is 5.75 Å². The van der Waals surface area contributed by atoms with Crippen LogP contribution in [0.1, 0.15) is 47.3 Å². The molecule has 1 saturated carbocycles. The van der Waals surface area contributed by atoms with E-state index in [1.807, 2.05) is 0 Å². The molecule has 1 aliphatic carbocycles. The van der Waals surface area contributed by atoms with Crippen molar-refractivity contribution in [3.63, 3.8) is 0 Å². The Balaban J connectivity index is 1.64. The van der Waals surface area contributed by atoms with E-state index in [1.165, 1.54) is 18.6 Å².